The van der Waals surface area contributed by atoms with Crippen LogP contribution in [-0.4, -0.2) is 30.3 Å². The van der Waals surface area contributed by atoms with Crippen LogP contribution in [0.4, 0.5) is 4.79 Å². The van der Waals surface area contributed by atoms with Crippen LogP contribution in [0.3, 0.4) is 0 Å². The van der Waals surface area contributed by atoms with E-state index in [0.717, 1.165) is 29.7 Å². The van der Waals surface area contributed by atoms with Gasteiger partial charge in [-0.25, -0.2) is 4.79 Å². The lowest BCUT2D eigenvalue weighted by atomic mass is 9.74. The van der Waals surface area contributed by atoms with Crippen LogP contribution in [0.2, 0.25) is 5.02 Å². The fourth-order valence-corrected chi connectivity index (χ4v) is 4.36. The van der Waals surface area contributed by atoms with Crippen molar-refractivity contribution in [3.63, 3.8) is 0 Å². The summed E-state index contributed by atoms with van der Waals surface area (Å²) < 4.78 is 11.1. The number of phenols is 1. The van der Waals surface area contributed by atoms with Crippen molar-refractivity contribution in [2.75, 3.05) is 14.2 Å². The van der Waals surface area contributed by atoms with Crippen LogP contribution in [0.5, 0.6) is 11.5 Å². The van der Waals surface area contributed by atoms with Crippen molar-refractivity contribution in [3.8, 4) is 11.5 Å². The van der Waals surface area contributed by atoms with E-state index in [2.05, 4.69) is 0 Å². The van der Waals surface area contributed by atoms with Gasteiger partial charge in [-0.2, -0.15) is 0 Å². The first-order valence-corrected chi connectivity index (χ1v) is 8.96. The highest BCUT2D eigenvalue weighted by Gasteiger charge is 2.46. The maximum absolute atomic E-state index is 12.5. The van der Waals surface area contributed by atoms with Gasteiger partial charge in [0, 0.05) is 23.6 Å². The summed E-state index contributed by atoms with van der Waals surface area (Å²) in [7, 11) is 3.34. The molecule has 1 aliphatic heterocycles. The van der Waals surface area contributed by atoms with Crippen molar-refractivity contribution in [3.05, 3.63) is 58.1 Å². The van der Waals surface area contributed by atoms with Gasteiger partial charge in [0.1, 0.15) is 17.6 Å². The largest absolute Gasteiger partial charge is 0.508 e. The van der Waals surface area contributed by atoms with Crippen molar-refractivity contribution < 1.29 is 19.4 Å². The van der Waals surface area contributed by atoms with E-state index < -0.39 is 6.09 Å². The molecule has 0 saturated carbocycles. The highest BCUT2D eigenvalue weighted by Crippen LogP contribution is 2.51. The third-order valence-corrected chi connectivity index (χ3v) is 5.67. The monoisotopic (exact) mass is 373 g/mol. The van der Waals surface area contributed by atoms with Crippen LogP contribution in [0, 0.1) is 5.92 Å². The van der Waals surface area contributed by atoms with E-state index in [1.54, 1.807) is 37.3 Å². The molecule has 2 aromatic carbocycles. The van der Waals surface area contributed by atoms with Gasteiger partial charge in [-0.15, -0.1) is 0 Å². The molecule has 0 aromatic heterocycles. The number of halogens is 1. The van der Waals surface area contributed by atoms with E-state index >= 15 is 0 Å². The summed E-state index contributed by atoms with van der Waals surface area (Å²) in [6.07, 6.45) is 0.937. The molecular formula is C20H20ClNO4. The third kappa shape index (κ3) is 2.67. The molecule has 0 spiro atoms. The molecule has 2 aliphatic rings. The lowest BCUT2D eigenvalue weighted by Gasteiger charge is -2.46. The average Bonchev–Trinajstić information content (AvgIpc) is 2.64. The molecule has 26 heavy (non-hydrogen) atoms. The minimum atomic E-state index is -0.403. The van der Waals surface area contributed by atoms with Gasteiger partial charge in [0.2, 0.25) is 0 Å². The van der Waals surface area contributed by atoms with Crippen molar-refractivity contribution in [2.24, 2.45) is 5.92 Å². The minimum Gasteiger partial charge on any atom is -0.508 e. The van der Waals surface area contributed by atoms with E-state index in [1.165, 1.54) is 0 Å². The van der Waals surface area contributed by atoms with E-state index in [-0.39, 0.29) is 23.8 Å². The van der Waals surface area contributed by atoms with E-state index in [9.17, 15) is 9.90 Å². The SMILES string of the molecule is COc1ccc2c(c1)CCC1C2OC(=O)N(C)C1c1cc(Cl)ccc1O. The summed E-state index contributed by atoms with van der Waals surface area (Å²) in [5.41, 5.74) is 2.80. The van der Waals surface area contributed by atoms with Crippen molar-refractivity contribution in [1.29, 1.82) is 0 Å². The van der Waals surface area contributed by atoms with Crippen LogP contribution in [0.25, 0.3) is 0 Å². The number of fused-ring (bicyclic) bond motifs is 3. The number of benzene rings is 2. The summed E-state index contributed by atoms with van der Waals surface area (Å²) in [4.78, 5) is 14.1. The number of amides is 1. The van der Waals surface area contributed by atoms with Gasteiger partial charge in [0.05, 0.1) is 13.2 Å². The zero-order valence-electron chi connectivity index (χ0n) is 14.6. The molecule has 2 aromatic rings. The average molecular weight is 374 g/mol. The molecule has 1 amide bonds. The van der Waals surface area contributed by atoms with Gasteiger partial charge in [-0.05, 0) is 54.3 Å². The summed E-state index contributed by atoms with van der Waals surface area (Å²) in [5.74, 6) is 0.966. The number of aryl methyl sites for hydroxylation is 1. The first-order chi connectivity index (χ1) is 12.5. The number of rotatable bonds is 2. The second-order valence-corrected chi connectivity index (χ2v) is 7.27. The van der Waals surface area contributed by atoms with Crippen LogP contribution in [0.15, 0.2) is 36.4 Å². The fourth-order valence-electron chi connectivity index (χ4n) is 4.18. The summed E-state index contributed by atoms with van der Waals surface area (Å²) >= 11 is 6.15. The van der Waals surface area contributed by atoms with E-state index in [4.69, 9.17) is 21.1 Å². The molecule has 4 rings (SSSR count). The quantitative estimate of drug-likeness (QED) is 0.843. The zero-order chi connectivity index (χ0) is 18.4. The molecule has 3 atom stereocenters. The van der Waals surface area contributed by atoms with Gasteiger partial charge in [0.25, 0.3) is 0 Å². The molecule has 0 radical (unpaired) electrons. The van der Waals surface area contributed by atoms with Crippen molar-refractivity contribution in [1.82, 2.24) is 4.90 Å². The Morgan fingerprint density at radius 2 is 2.04 bits per heavy atom. The summed E-state index contributed by atoms with van der Waals surface area (Å²) in [6, 6.07) is 10.5. The van der Waals surface area contributed by atoms with Crippen LogP contribution < -0.4 is 4.74 Å². The highest BCUT2D eigenvalue weighted by atomic mass is 35.5. The smallest absolute Gasteiger partial charge is 0.410 e. The summed E-state index contributed by atoms with van der Waals surface area (Å²) in [5, 5.41) is 10.9. The number of phenolic OH excluding ortho intramolecular Hbond substituents is 1. The first-order valence-electron chi connectivity index (χ1n) is 8.58. The third-order valence-electron chi connectivity index (χ3n) is 5.44. The lowest BCUT2D eigenvalue weighted by molar-refractivity contribution is -0.0459. The fraction of sp³-hybridized carbons (Fsp3) is 0.350. The number of hydrogen-bond acceptors (Lipinski definition) is 4. The Hall–Kier alpha value is -2.40. The molecule has 6 heteroatoms. The van der Waals surface area contributed by atoms with Crippen LogP contribution >= 0.6 is 11.6 Å². The molecule has 1 saturated heterocycles. The number of carbonyl (C=O) groups excluding carboxylic acids is 1. The molecule has 1 fully saturated rings. The van der Waals surface area contributed by atoms with Gasteiger partial charge in [-0.1, -0.05) is 17.7 Å². The Kier molecular flexibility index (Phi) is 4.19. The first kappa shape index (κ1) is 17.0. The molecule has 136 valence electrons. The number of methoxy groups -OCH3 is 1. The van der Waals surface area contributed by atoms with E-state index in [1.807, 2.05) is 18.2 Å². The lowest BCUT2D eigenvalue weighted by Crippen LogP contribution is -2.46. The maximum Gasteiger partial charge on any atom is 0.410 e. The molecule has 0 bridgehead atoms. The Labute approximate surface area is 157 Å². The summed E-state index contributed by atoms with van der Waals surface area (Å²) in [6.45, 7) is 0. The molecule has 1 aliphatic carbocycles. The zero-order valence-corrected chi connectivity index (χ0v) is 15.4. The topological polar surface area (TPSA) is 59.0 Å². The molecular weight excluding hydrogens is 354 g/mol. The Morgan fingerprint density at radius 3 is 2.81 bits per heavy atom. The predicted molar refractivity (Wildman–Crippen MR) is 97.6 cm³/mol. The Bertz CT molecular complexity index is 869. The molecule has 1 heterocycles. The second-order valence-electron chi connectivity index (χ2n) is 6.83. The van der Waals surface area contributed by atoms with Crippen molar-refractivity contribution in [2.45, 2.75) is 25.0 Å². The normalized spacial score (nSPS) is 24.5. The van der Waals surface area contributed by atoms with Gasteiger partial charge in [0.15, 0.2) is 0 Å². The Morgan fingerprint density at radius 1 is 1.23 bits per heavy atom. The molecule has 5 nitrogen and oxygen atoms in total. The second kappa shape index (κ2) is 6.40. The number of hydrogen-bond donors (Lipinski definition) is 1. The minimum absolute atomic E-state index is 0.0305. The van der Waals surface area contributed by atoms with Crippen LogP contribution in [-0.2, 0) is 11.2 Å². The predicted octanol–water partition coefficient (Wildman–Crippen LogP) is 4.48. The number of aromatic hydroxyl groups is 1. The standard InChI is InChI=1S/C20H20ClNO4/c1-22-18(16-10-12(21)4-8-17(16)23)15-6-3-11-9-13(25-2)5-7-14(11)19(15)26-20(22)24/h4-5,7-10,15,18-19,23H,3,6H2,1-2H3. The number of nitrogens with zero attached hydrogens (tertiary/aromatic N) is 1. The Balaban J connectivity index is 1.79. The van der Waals surface area contributed by atoms with Gasteiger partial charge >= 0.3 is 6.09 Å². The van der Waals surface area contributed by atoms with Gasteiger partial charge in [-0.3, -0.25) is 0 Å². The number of ether oxygens (including phenoxy) is 2. The van der Waals surface area contributed by atoms with Crippen LogP contribution in [0.1, 0.15) is 35.3 Å². The maximum atomic E-state index is 12.5. The van der Waals surface area contributed by atoms with Gasteiger partial charge < -0.3 is 19.5 Å². The highest BCUT2D eigenvalue weighted by molar-refractivity contribution is 6.30. The van der Waals surface area contributed by atoms with Crippen molar-refractivity contribution >= 4 is 17.7 Å². The number of carbonyl (C=O) groups is 1. The molecule has 1 N–H and O–H groups in total. The van der Waals surface area contributed by atoms with E-state index in [0.29, 0.717) is 10.6 Å². The molecule has 3 unspecified atom stereocenters.